The third-order valence-electron chi connectivity index (χ3n) is 5.28. The van der Waals surface area contributed by atoms with E-state index in [9.17, 15) is 23.1 Å². The molecular formula is C18H24N2O6S. The van der Waals surface area contributed by atoms with Crippen molar-refractivity contribution in [3.05, 3.63) is 29.8 Å². The van der Waals surface area contributed by atoms with Gasteiger partial charge in [0.1, 0.15) is 0 Å². The largest absolute Gasteiger partial charge is 0.481 e. The van der Waals surface area contributed by atoms with Gasteiger partial charge in [-0.2, -0.15) is 4.31 Å². The summed E-state index contributed by atoms with van der Waals surface area (Å²) in [6, 6.07) is 6.36. The first-order valence-corrected chi connectivity index (χ1v) is 10.4. The number of carboxylic acids is 1. The van der Waals surface area contributed by atoms with Crippen molar-refractivity contribution in [2.24, 2.45) is 5.41 Å². The third kappa shape index (κ3) is 4.31. The Hall–Kier alpha value is -1.97. The molecule has 0 unspecified atom stereocenters. The van der Waals surface area contributed by atoms with Gasteiger partial charge in [0.25, 0.3) is 0 Å². The van der Waals surface area contributed by atoms with Gasteiger partial charge in [-0.25, -0.2) is 8.42 Å². The predicted molar refractivity (Wildman–Crippen MR) is 96.4 cm³/mol. The second-order valence-corrected chi connectivity index (χ2v) is 8.99. The van der Waals surface area contributed by atoms with E-state index in [4.69, 9.17) is 4.74 Å². The van der Waals surface area contributed by atoms with Crippen LogP contribution in [0, 0.1) is 5.41 Å². The number of sulfonamides is 1. The highest BCUT2D eigenvalue weighted by Gasteiger charge is 2.45. The van der Waals surface area contributed by atoms with Crippen molar-refractivity contribution in [2.75, 3.05) is 26.3 Å². The summed E-state index contributed by atoms with van der Waals surface area (Å²) in [4.78, 5) is 23.6. The highest BCUT2D eigenvalue weighted by Crippen LogP contribution is 2.44. The number of morpholine rings is 1. The molecule has 2 fully saturated rings. The maximum atomic E-state index is 12.6. The molecule has 1 heterocycles. The number of nitrogens with zero attached hydrogens (tertiary/aromatic N) is 1. The van der Waals surface area contributed by atoms with E-state index >= 15 is 0 Å². The SMILES string of the molecule is O=C(CC1(C(=O)O)CCC1)NCc1ccc(S(=O)(=O)N2CCOCC2)cc1. The lowest BCUT2D eigenvalue weighted by molar-refractivity contribution is -0.157. The molecule has 1 aliphatic heterocycles. The third-order valence-corrected chi connectivity index (χ3v) is 7.20. The molecule has 1 aliphatic carbocycles. The molecule has 1 aromatic carbocycles. The van der Waals surface area contributed by atoms with Gasteiger partial charge >= 0.3 is 5.97 Å². The second-order valence-electron chi connectivity index (χ2n) is 7.05. The van der Waals surface area contributed by atoms with Gasteiger partial charge in [-0.15, -0.1) is 0 Å². The zero-order valence-corrected chi connectivity index (χ0v) is 15.8. The molecule has 27 heavy (non-hydrogen) atoms. The summed E-state index contributed by atoms with van der Waals surface area (Å²) in [5.41, 5.74) is -0.164. The summed E-state index contributed by atoms with van der Waals surface area (Å²) in [7, 11) is -3.54. The predicted octanol–water partition coefficient (Wildman–Crippen LogP) is 0.969. The van der Waals surface area contributed by atoms with Crippen LogP contribution in [-0.2, 0) is 30.9 Å². The van der Waals surface area contributed by atoms with Gasteiger partial charge < -0.3 is 15.2 Å². The Morgan fingerprint density at radius 2 is 1.78 bits per heavy atom. The molecule has 8 nitrogen and oxygen atoms in total. The molecule has 0 bridgehead atoms. The van der Waals surface area contributed by atoms with Crippen molar-refractivity contribution in [1.82, 2.24) is 9.62 Å². The van der Waals surface area contributed by atoms with Crippen LogP contribution in [0.25, 0.3) is 0 Å². The summed E-state index contributed by atoms with van der Waals surface area (Å²) < 4.78 is 31.7. The van der Waals surface area contributed by atoms with Gasteiger partial charge in [-0.1, -0.05) is 18.6 Å². The maximum Gasteiger partial charge on any atom is 0.310 e. The number of carbonyl (C=O) groups is 2. The molecule has 1 amide bonds. The molecule has 2 N–H and O–H groups in total. The summed E-state index contributed by atoms with van der Waals surface area (Å²) >= 11 is 0. The van der Waals surface area contributed by atoms with Crippen molar-refractivity contribution in [2.45, 2.75) is 37.1 Å². The Kier molecular flexibility index (Phi) is 5.83. The monoisotopic (exact) mass is 396 g/mol. The zero-order chi connectivity index (χ0) is 19.5. The fourth-order valence-corrected chi connectivity index (χ4v) is 4.76. The summed E-state index contributed by atoms with van der Waals surface area (Å²) in [6.45, 7) is 1.69. The van der Waals surface area contributed by atoms with Gasteiger partial charge in [-0.3, -0.25) is 9.59 Å². The van der Waals surface area contributed by atoms with E-state index in [1.54, 1.807) is 12.1 Å². The molecule has 1 saturated carbocycles. The molecule has 0 aromatic heterocycles. The first kappa shape index (κ1) is 19.8. The van der Waals surface area contributed by atoms with E-state index in [1.165, 1.54) is 16.4 Å². The Labute approximate surface area is 158 Å². The number of aliphatic carboxylic acids is 1. The minimum atomic E-state index is -3.54. The topological polar surface area (TPSA) is 113 Å². The van der Waals surface area contributed by atoms with Gasteiger partial charge in [-0.05, 0) is 30.5 Å². The molecule has 2 aliphatic rings. The van der Waals surface area contributed by atoms with Crippen LogP contribution in [0.4, 0.5) is 0 Å². The molecule has 1 saturated heterocycles. The lowest BCUT2D eigenvalue weighted by Crippen LogP contribution is -2.42. The molecule has 0 radical (unpaired) electrons. The normalized spacial score (nSPS) is 19.9. The Morgan fingerprint density at radius 3 is 2.30 bits per heavy atom. The number of benzene rings is 1. The maximum absolute atomic E-state index is 12.6. The summed E-state index contributed by atoms with van der Waals surface area (Å²) in [5.74, 6) is -1.22. The number of carboxylic acid groups (broad SMARTS) is 1. The lowest BCUT2D eigenvalue weighted by Gasteiger charge is -2.36. The molecule has 3 rings (SSSR count). The van der Waals surface area contributed by atoms with E-state index in [0.717, 1.165) is 12.0 Å². The van der Waals surface area contributed by atoms with Crippen LogP contribution >= 0.6 is 0 Å². The molecule has 148 valence electrons. The van der Waals surface area contributed by atoms with Crippen LogP contribution in [0.15, 0.2) is 29.2 Å². The van der Waals surface area contributed by atoms with E-state index < -0.39 is 21.4 Å². The quantitative estimate of drug-likeness (QED) is 0.710. The Morgan fingerprint density at radius 1 is 1.15 bits per heavy atom. The summed E-state index contributed by atoms with van der Waals surface area (Å²) in [6.07, 6.45) is 1.87. The standard InChI is InChI=1S/C18H24N2O6S/c21-16(12-18(17(22)23)6-1-7-18)19-13-14-2-4-15(5-3-14)27(24,25)20-8-10-26-11-9-20/h2-5H,1,6-13H2,(H,19,21)(H,22,23). The summed E-state index contributed by atoms with van der Waals surface area (Å²) in [5, 5.41) is 12.0. The highest BCUT2D eigenvalue weighted by atomic mass is 32.2. The van der Waals surface area contributed by atoms with E-state index in [2.05, 4.69) is 5.32 Å². The number of hydrogen-bond donors (Lipinski definition) is 2. The first-order chi connectivity index (χ1) is 12.8. The van der Waals surface area contributed by atoms with Gasteiger partial charge in [0.05, 0.1) is 23.5 Å². The van der Waals surface area contributed by atoms with Crippen LogP contribution in [0.1, 0.15) is 31.2 Å². The van der Waals surface area contributed by atoms with Crippen LogP contribution in [-0.4, -0.2) is 56.0 Å². The van der Waals surface area contributed by atoms with Crippen molar-refractivity contribution < 1.29 is 27.9 Å². The van der Waals surface area contributed by atoms with E-state index in [1.807, 2.05) is 0 Å². The number of nitrogens with one attached hydrogen (secondary N) is 1. The van der Waals surface area contributed by atoms with Crippen LogP contribution in [0.2, 0.25) is 0 Å². The number of ether oxygens (including phenoxy) is 1. The van der Waals surface area contributed by atoms with Crippen molar-refractivity contribution in [3.63, 3.8) is 0 Å². The van der Waals surface area contributed by atoms with E-state index in [-0.39, 0.29) is 23.8 Å². The number of carbonyl (C=O) groups excluding carboxylic acids is 1. The zero-order valence-electron chi connectivity index (χ0n) is 15.0. The van der Waals surface area contributed by atoms with Gasteiger partial charge in [0.15, 0.2) is 0 Å². The van der Waals surface area contributed by atoms with E-state index in [0.29, 0.717) is 39.1 Å². The molecular weight excluding hydrogens is 372 g/mol. The van der Waals surface area contributed by atoms with Gasteiger partial charge in [0, 0.05) is 26.1 Å². The Balaban J connectivity index is 1.56. The molecule has 1 aromatic rings. The fourth-order valence-electron chi connectivity index (χ4n) is 3.36. The van der Waals surface area contributed by atoms with Crippen molar-refractivity contribution in [3.8, 4) is 0 Å². The van der Waals surface area contributed by atoms with Gasteiger partial charge in [0.2, 0.25) is 15.9 Å². The molecule has 0 spiro atoms. The average molecular weight is 396 g/mol. The first-order valence-electron chi connectivity index (χ1n) is 9.00. The highest BCUT2D eigenvalue weighted by molar-refractivity contribution is 7.89. The van der Waals surface area contributed by atoms with Crippen LogP contribution in [0.5, 0.6) is 0 Å². The fraction of sp³-hybridized carbons (Fsp3) is 0.556. The van der Waals surface area contributed by atoms with Crippen LogP contribution < -0.4 is 5.32 Å². The average Bonchev–Trinajstić information content (AvgIpc) is 2.64. The molecule has 0 atom stereocenters. The number of rotatable bonds is 7. The van der Waals surface area contributed by atoms with Crippen molar-refractivity contribution >= 4 is 21.9 Å². The lowest BCUT2D eigenvalue weighted by atomic mass is 9.66. The second kappa shape index (κ2) is 7.95. The number of hydrogen-bond acceptors (Lipinski definition) is 5. The Bertz CT molecular complexity index is 796. The minimum Gasteiger partial charge on any atom is -0.481 e. The minimum absolute atomic E-state index is 0.0220. The smallest absolute Gasteiger partial charge is 0.310 e. The molecule has 9 heteroatoms. The van der Waals surface area contributed by atoms with Crippen LogP contribution in [0.3, 0.4) is 0 Å². The van der Waals surface area contributed by atoms with Crippen molar-refractivity contribution in [1.29, 1.82) is 0 Å². The number of amides is 1.